The minimum Gasteiger partial charge on any atom is -0.475 e. The largest absolute Gasteiger partial charge is 0.490 e. The molecule has 172 valence electrons. The van der Waals surface area contributed by atoms with Crippen molar-refractivity contribution in [3.05, 3.63) is 72.2 Å². The minimum absolute atomic E-state index is 0.101. The third-order valence-electron chi connectivity index (χ3n) is 3.99. The van der Waals surface area contributed by atoms with Gasteiger partial charge >= 0.3 is 12.1 Å². The van der Waals surface area contributed by atoms with E-state index in [2.05, 4.69) is 17.9 Å². The van der Waals surface area contributed by atoms with Gasteiger partial charge in [-0.05, 0) is 49.0 Å². The van der Waals surface area contributed by atoms with Crippen molar-refractivity contribution in [3.8, 4) is 11.3 Å². The Bertz CT molecular complexity index is 1210. The van der Waals surface area contributed by atoms with E-state index < -0.39 is 28.0 Å². The molecule has 0 atom stereocenters. The Morgan fingerprint density at radius 3 is 2.28 bits per heavy atom. The predicted octanol–water partition coefficient (Wildman–Crippen LogP) is 4.17. The number of halogens is 4. The minimum atomic E-state index is -5.08. The van der Waals surface area contributed by atoms with E-state index in [1.54, 1.807) is 43.4 Å². The molecule has 0 unspecified atom stereocenters. The van der Waals surface area contributed by atoms with Gasteiger partial charge < -0.3 is 10.4 Å². The van der Waals surface area contributed by atoms with Crippen LogP contribution in [0.25, 0.3) is 11.3 Å². The number of hydrogen-bond acceptors (Lipinski definition) is 5. The highest BCUT2D eigenvalue weighted by Gasteiger charge is 2.38. The Kier molecular flexibility index (Phi) is 8.10. The number of rotatable bonds is 5. The molecule has 6 nitrogen and oxygen atoms in total. The monoisotopic (exact) mass is 490 g/mol. The van der Waals surface area contributed by atoms with Crippen molar-refractivity contribution in [2.45, 2.75) is 22.5 Å². The molecular formula is C20H18F4N2O4S2. The van der Waals surface area contributed by atoms with Crippen molar-refractivity contribution in [3.63, 3.8) is 0 Å². The van der Waals surface area contributed by atoms with Gasteiger partial charge in [0.05, 0.1) is 10.6 Å². The van der Waals surface area contributed by atoms with Crippen LogP contribution in [0.4, 0.5) is 17.6 Å². The molecule has 0 aliphatic heterocycles. The molecule has 2 aromatic carbocycles. The number of benzene rings is 2. The maximum absolute atomic E-state index is 14.3. The number of carbonyl (C=O) groups is 1. The summed E-state index contributed by atoms with van der Waals surface area (Å²) in [4.78, 5) is 9.54. The van der Waals surface area contributed by atoms with E-state index >= 15 is 0 Å². The van der Waals surface area contributed by atoms with E-state index in [0.717, 1.165) is 9.54 Å². The molecule has 0 spiro atoms. The molecule has 0 aliphatic carbocycles. The van der Waals surface area contributed by atoms with Crippen LogP contribution in [0, 0.1) is 5.82 Å². The van der Waals surface area contributed by atoms with E-state index in [1.165, 1.54) is 24.4 Å². The quantitative estimate of drug-likeness (QED) is 0.369. The summed E-state index contributed by atoms with van der Waals surface area (Å²) in [5.74, 6) is -3.23. The van der Waals surface area contributed by atoms with Gasteiger partial charge in [0.2, 0.25) is 0 Å². The highest BCUT2D eigenvalue weighted by molar-refractivity contribution is 7.90. The van der Waals surface area contributed by atoms with Gasteiger partial charge in [-0.2, -0.15) is 13.2 Å². The first kappa shape index (κ1) is 25.4. The molecular weight excluding hydrogens is 472 g/mol. The molecule has 0 radical (unpaired) electrons. The fraction of sp³-hybridized carbons (Fsp3) is 0.150. The van der Waals surface area contributed by atoms with Gasteiger partial charge in [0, 0.05) is 23.2 Å². The second-order valence-corrected chi connectivity index (χ2v) is 8.68. The molecule has 0 saturated heterocycles. The Morgan fingerprint density at radius 2 is 1.75 bits per heavy atom. The Hall–Kier alpha value is -2.83. The van der Waals surface area contributed by atoms with Gasteiger partial charge in [-0.3, -0.25) is 0 Å². The molecule has 3 aromatic rings. The third-order valence-corrected chi connectivity index (χ3v) is 5.94. The number of aliphatic carboxylic acids is 1. The summed E-state index contributed by atoms with van der Waals surface area (Å²) < 4.78 is 73.3. The summed E-state index contributed by atoms with van der Waals surface area (Å²) in [5.41, 5.74) is 1.26. The molecule has 3 rings (SSSR count). The van der Waals surface area contributed by atoms with Gasteiger partial charge in [-0.15, -0.1) is 12.6 Å². The third kappa shape index (κ3) is 6.11. The molecule has 0 bridgehead atoms. The van der Waals surface area contributed by atoms with Crippen molar-refractivity contribution < 1.29 is 35.9 Å². The number of carboxylic acids is 1. The Balaban J connectivity index is 0.000000451. The molecule has 0 saturated carbocycles. The van der Waals surface area contributed by atoms with Crippen LogP contribution in [0.2, 0.25) is 0 Å². The van der Waals surface area contributed by atoms with Gasteiger partial charge in [0.25, 0.3) is 10.0 Å². The van der Waals surface area contributed by atoms with Crippen molar-refractivity contribution in [1.82, 2.24) is 9.29 Å². The highest BCUT2D eigenvalue weighted by atomic mass is 32.2. The van der Waals surface area contributed by atoms with Crippen LogP contribution >= 0.6 is 12.6 Å². The normalized spacial score (nSPS) is 11.6. The van der Waals surface area contributed by atoms with Crippen LogP contribution < -0.4 is 5.32 Å². The first-order valence-electron chi connectivity index (χ1n) is 8.83. The lowest BCUT2D eigenvalue weighted by atomic mass is 10.1. The Labute approximate surface area is 187 Å². The molecule has 32 heavy (non-hydrogen) atoms. The van der Waals surface area contributed by atoms with E-state index in [0.29, 0.717) is 11.4 Å². The van der Waals surface area contributed by atoms with Crippen molar-refractivity contribution in [2.24, 2.45) is 0 Å². The van der Waals surface area contributed by atoms with Crippen molar-refractivity contribution >= 4 is 28.6 Å². The summed E-state index contributed by atoms with van der Waals surface area (Å²) in [5, 5.41) is 10.1. The van der Waals surface area contributed by atoms with Crippen LogP contribution in [0.5, 0.6) is 0 Å². The molecule has 0 amide bonds. The van der Waals surface area contributed by atoms with Gasteiger partial charge in [0.15, 0.2) is 0 Å². The average Bonchev–Trinajstić information content (AvgIpc) is 3.13. The van der Waals surface area contributed by atoms with Crippen molar-refractivity contribution in [1.29, 1.82) is 0 Å². The average molecular weight is 491 g/mol. The Morgan fingerprint density at radius 1 is 1.12 bits per heavy atom. The second-order valence-electron chi connectivity index (χ2n) is 6.34. The van der Waals surface area contributed by atoms with Crippen LogP contribution in [0.3, 0.4) is 0 Å². The predicted molar refractivity (Wildman–Crippen MR) is 113 cm³/mol. The number of aromatic nitrogens is 1. The molecule has 0 aliphatic rings. The second kappa shape index (κ2) is 10.2. The topological polar surface area (TPSA) is 88.4 Å². The first-order chi connectivity index (χ1) is 14.9. The lowest BCUT2D eigenvalue weighted by molar-refractivity contribution is -0.192. The van der Waals surface area contributed by atoms with E-state index in [9.17, 15) is 26.0 Å². The van der Waals surface area contributed by atoms with E-state index in [-0.39, 0.29) is 16.2 Å². The highest BCUT2D eigenvalue weighted by Crippen LogP contribution is 2.29. The van der Waals surface area contributed by atoms with Gasteiger partial charge in [-0.1, -0.05) is 18.2 Å². The molecule has 0 fully saturated rings. The lowest BCUT2D eigenvalue weighted by Gasteiger charge is -2.11. The summed E-state index contributed by atoms with van der Waals surface area (Å²) in [6.45, 7) is 0.469. The zero-order valence-electron chi connectivity index (χ0n) is 16.5. The van der Waals surface area contributed by atoms with E-state index in [1.807, 2.05) is 0 Å². The fourth-order valence-electron chi connectivity index (χ4n) is 2.62. The zero-order valence-corrected chi connectivity index (χ0v) is 18.2. The molecule has 1 heterocycles. The molecule has 2 N–H and O–H groups in total. The lowest BCUT2D eigenvalue weighted by Crippen LogP contribution is -2.21. The smallest absolute Gasteiger partial charge is 0.475 e. The van der Waals surface area contributed by atoms with E-state index in [4.69, 9.17) is 9.90 Å². The van der Waals surface area contributed by atoms with Crippen LogP contribution in [-0.4, -0.2) is 36.7 Å². The van der Waals surface area contributed by atoms with Crippen LogP contribution in [-0.2, 0) is 21.4 Å². The van der Waals surface area contributed by atoms with Gasteiger partial charge in [-0.25, -0.2) is 21.6 Å². The number of nitrogens with one attached hydrogen (secondary N) is 1. The summed E-state index contributed by atoms with van der Waals surface area (Å²) in [7, 11) is -2.12. The fourth-order valence-corrected chi connectivity index (χ4v) is 4.37. The summed E-state index contributed by atoms with van der Waals surface area (Å²) in [6.07, 6.45) is -3.57. The maximum Gasteiger partial charge on any atom is 0.490 e. The first-order valence-corrected chi connectivity index (χ1v) is 10.7. The number of alkyl halides is 3. The number of hydrogen-bond donors (Lipinski definition) is 3. The number of carboxylic acid groups (broad SMARTS) is 1. The number of nitrogens with zero attached hydrogens (tertiary/aromatic N) is 1. The molecule has 12 heteroatoms. The van der Waals surface area contributed by atoms with Crippen molar-refractivity contribution in [2.75, 3.05) is 7.05 Å². The van der Waals surface area contributed by atoms with Crippen LogP contribution in [0.15, 0.2) is 70.6 Å². The van der Waals surface area contributed by atoms with Gasteiger partial charge in [0.1, 0.15) is 5.82 Å². The molecule has 1 aromatic heterocycles. The summed E-state index contributed by atoms with van der Waals surface area (Å²) in [6, 6.07) is 14.1. The number of thiol groups is 1. The SMILES string of the molecule is CNCc1cc(-c2ccccc2F)n(S(=O)(=O)c2cccc(S)c2)c1.O=C(O)C(F)(F)F. The summed E-state index contributed by atoms with van der Waals surface area (Å²) >= 11 is 4.21. The maximum atomic E-state index is 14.3. The van der Waals surface area contributed by atoms with Crippen LogP contribution in [0.1, 0.15) is 5.56 Å². The standard InChI is InChI=1S/C18H17FN2O2S2.C2HF3O2/c1-20-11-13-9-18(16-7-2-3-8-17(16)19)21(12-13)25(22,23)15-6-4-5-14(24)10-15;3-2(4,5)1(6)7/h2-10,12,20,24H,11H2,1H3;(H,6,7). The zero-order chi connectivity index (χ0) is 24.1.